The predicted molar refractivity (Wildman–Crippen MR) is 99.7 cm³/mol. The Hall–Kier alpha value is -3.60. The zero-order valence-electron chi connectivity index (χ0n) is 15.5. The van der Waals surface area contributed by atoms with E-state index in [1.54, 1.807) is 24.3 Å². The van der Waals surface area contributed by atoms with Crippen LogP contribution in [-0.2, 0) is 11.0 Å². The highest BCUT2D eigenvalue weighted by Gasteiger charge is 2.36. The largest absolute Gasteiger partial charge is 0.416 e. The van der Waals surface area contributed by atoms with E-state index in [9.17, 15) is 22.8 Å². The normalized spacial score (nSPS) is 17.0. The Kier molecular flexibility index (Phi) is 5.16. The quantitative estimate of drug-likeness (QED) is 0.812. The lowest BCUT2D eigenvalue weighted by molar-refractivity contribution is -0.137. The highest BCUT2D eigenvalue weighted by Crippen LogP contribution is 2.36. The van der Waals surface area contributed by atoms with Crippen molar-refractivity contribution in [1.82, 2.24) is 5.32 Å². The minimum atomic E-state index is -4.56. The molecule has 0 unspecified atom stereocenters. The number of carbonyl (C=O) groups is 2. The van der Waals surface area contributed by atoms with Crippen molar-refractivity contribution in [2.45, 2.75) is 26.1 Å². The Morgan fingerprint density at radius 3 is 2.38 bits per heavy atom. The molecule has 3 rings (SSSR count). The van der Waals surface area contributed by atoms with Crippen molar-refractivity contribution in [3.05, 3.63) is 76.5 Å². The first-order valence-electron chi connectivity index (χ1n) is 8.63. The number of amides is 2. The van der Waals surface area contributed by atoms with Gasteiger partial charge in [-0.3, -0.25) is 9.69 Å². The average molecular weight is 399 g/mol. The van der Waals surface area contributed by atoms with Crippen LogP contribution >= 0.6 is 0 Å². The molecule has 2 aromatic rings. The number of carbonyl (C=O) groups excluding carboxylic acids is 2. The van der Waals surface area contributed by atoms with Crippen LogP contribution in [0.4, 0.5) is 23.7 Å². The van der Waals surface area contributed by atoms with Crippen LogP contribution in [0, 0.1) is 11.3 Å². The molecule has 0 aliphatic carbocycles. The number of nitrogens with one attached hydrogen (secondary N) is 1. The van der Waals surface area contributed by atoms with E-state index in [-0.39, 0.29) is 22.7 Å². The Labute approximate surface area is 165 Å². The summed E-state index contributed by atoms with van der Waals surface area (Å²) >= 11 is 0. The zero-order valence-corrected chi connectivity index (χ0v) is 15.5. The fraction of sp³-hybridized carbons (Fsp3) is 0.190. The van der Waals surface area contributed by atoms with Crippen molar-refractivity contribution in [2.24, 2.45) is 0 Å². The van der Waals surface area contributed by atoms with Crippen molar-refractivity contribution in [3.8, 4) is 6.07 Å². The predicted octanol–water partition coefficient (Wildman–Crippen LogP) is 4.71. The van der Waals surface area contributed by atoms with Gasteiger partial charge in [-0.25, -0.2) is 4.79 Å². The van der Waals surface area contributed by atoms with E-state index in [0.717, 1.165) is 17.0 Å². The van der Waals surface area contributed by atoms with Gasteiger partial charge < -0.3 is 5.32 Å². The highest BCUT2D eigenvalue weighted by atomic mass is 19.4. The third-order valence-electron chi connectivity index (χ3n) is 4.67. The van der Waals surface area contributed by atoms with Gasteiger partial charge in [-0.1, -0.05) is 18.2 Å². The van der Waals surface area contributed by atoms with Gasteiger partial charge in [0, 0.05) is 11.3 Å². The van der Waals surface area contributed by atoms with E-state index in [2.05, 4.69) is 5.32 Å². The molecule has 148 valence electrons. The lowest BCUT2D eigenvalue weighted by Crippen LogP contribution is -2.47. The summed E-state index contributed by atoms with van der Waals surface area (Å²) in [5.74, 6) is -0.325. The summed E-state index contributed by atoms with van der Waals surface area (Å²) in [6, 6.07) is 11.3. The standard InChI is InChI=1S/C21H16F3N3O2/c1-12-18(13(2)28)19(15-8-6-14(11-25)7-9-15)26-20(29)27(12)17-5-3-4-16(10-17)21(22,23)24/h3-10,19H,1-2H3,(H,26,29)/t19-/m1/s1. The van der Waals surface area contributed by atoms with Crippen LogP contribution in [0.3, 0.4) is 0 Å². The number of halogens is 3. The maximum absolute atomic E-state index is 13.1. The Morgan fingerprint density at radius 2 is 1.83 bits per heavy atom. The van der Waals surface area contributed by atoms with Crippen LogP contribution in [0.1, 0.15) is 36.6 Å². The SMILES string of the molecule is CC(=O)C1=C(C)N(c2cccc(C(F)(F)F)c2)C(=O)N[C@@H]1c1ccc(C#N)cc1. The van der Waals surface area contributed by atoms with Gasteiger partial charge in [-0.2, -0.15) is 18.4 Å². The number of nitrogens with zero attached hydrogens (tertiary/aromatic N) is 2. The zero-order chi connectivity index (χ0) is 21.3. The van der Waals surface area contributed by atoms with Gasteiger partial charge >= 0.3 is 12.2 Å². The van der Waals surface area contributed by atoms with Crippen molar-refractivity contribution in [2.75, 3.05) is 4.90 Å². The first kappa shape index (κ1) is 20.1. The third-order valence-corrected chi connectivity index (χ3v) is 4.67. The molecule has 1 atom stereocenters. The fourth-order valence-electron chi connectivity index (χ4n) is 3.33. The molecule has 0 aromatic heterocycles. The van der Waals surface area contributed by atoms with Gasteiger partial charge in [-0.15, -0.1) is 0 Å². The smallest absolute Gasteiger partial charge is 0.326 e. The first-order chi connectivity index (χ1) is 13.6. The van der Waals surface area contributed by atoms with Crippen molar-refractivity contribution in [3.63, 3.8) is 0 Å². The fourth-order valence-corrected chi connectivity index (χ4v) is 3.33. The Bertz CT molecular complexity index is 1050. The van der Waals surface area contributed by atoms with E-state index in [4.69, 9.17) is 5.26 Å². The second-order valence-corrected chi connectivity index (χ2v) is 6.56. The van der Waals surface area contributed by atoms with Crippen LogP contribution < -0.4 is 10.2 Å². The summed E-state index contributed by atoms with van der Waals surface area (Å²) in [4.78, 5) is 26.2. The number of benzene rings is 2. The number of anilines is 1. The second-order valence-electron chi connectivity index (χ2n) is 6.56. The van der Waals surface area contributed by atoms with Crippen LogP contribution in [0.2, 0.25) is 0 Å². The summed E-state index contributed by atoms with van der Waals surface area (Å²) in [7, 11) is 0. The molecule has 0 saturated heterocycles. The number of allylic oxidation sites excluding steroid dienone is 1. The topological polar surface area (TPSA) is 73.2 Å². The molecule has 1 heterocycles. The van der Waals surface area contributed by atoms with Crippen molar-refractivity contribution < 1.29 is 22.8 Å². The molecular weight excluding hydrogens is 383 g/mol. The minimum Gasteiger partial charge on any atom is -0.326 e. The molecule has 29 heavy (non-hydrogen) atoms. The third kappa shape index (κ3) is 3.85. The lowest BCUT2D eigenvalue weighted by Gasteiger charge is -2.35. The van der Waals surface area contributed by atoms with Crippen molar-refractivity contribution in [1.29, 1.82) is 5.26 Å². The Balaban J connectivity index is 2.10. The van der Waals surface area contributed by atoms with Crippen LogP contribution in [0.15, 0.2) is 59.8 Å². The molecule has 0 radical (unpaired) electrons. The van der Waals surface area contributed by atoms with E-state index in [0.29, 0.717) is 11.1 Å². The van der Waals surface area contributed by atoms with Gasteiger partial charge in [0.1, 0.15) is 0 Å². The number of hydrogen-bond donors (Lipinski definition) is 1. The van der Waals surface area contributed by atoms with Gasteiger partial charge in [-0.05, 0) is 49.7 Å². The molecule has 0 bridgehead atoms. The Morgan fingerprint density at radius 1 is 1.17 bits per heavy atom. The molecule has 0 spiro atoms. The molecule has 1 N–H and O–H groups in total. The number of rotatable bonds is 3. The summed E-state index contributed by atoms with van der Waals surface area (Å²) in [6.07, 6.45) is -4.56. The molecule has 1 aliphatic heterocycles. The second kappa shape index (κ2) is 7.43. The van der Waals surface area contributed by atoms with Gasteiger partial charge in [0.25, 0.3) is 0 Å². The van der Waals surface area contributed by atoms with Crippen LogP contribution in [0.25, 0.3) is 0 Å². The first-order valence-corrected chi connectivity index (χ1v) is 8.63. The maximum atomic E-state index is 13.1. The molecule has 2 amide bonds. The maximum Gasteiger partial charge on any atom is 0.416 e. The van der Waals surface area contributed by atoms with Crippen LogP contribution in [-0.4, -0.2) is 11.8 Å². The number of urea groups is 1. The molecule has 8 heteroatoms. The summed E-state index contributed by atoms with van der Waals surface area (Å²) in [5.41, 5.74) is 0.625. The minimum absolute atomic E-state index is 0.00635. The summed E-state index contributed by atoms with van der Waals surface area (Å²) in [5, 5.41) is 11.6. The van der Waals surface area contributed by atoms with Gasteiger partial charge in [0.05, 0.1) is 28.9 Å². The van der Waals surface area contributed by atoms with E-state index >= 15 is 0 Å². The number of alkyl halides is 3. The lowest BCUT2D eigenvalue weighted by atomic mass is 9.91. The van der Waals surface area contributed by atoms with E-state index in [1.165, 1.54) is 26.0 Å². The molecule has 0 fully saturated rings. The van der Waals surface area contributed by atoms with Gasteiger partial charge in [0.2, 0.25) is 0 Å². The number of hydrogen-bond acceptors (Lipinski definition) is 3. The monoisotopic (exact) mass is 399 g/mol. The highest BCUT2D eigenvalue weighted by molar-refractivity contribution is 6.04. The summed E-state index contributed by atoms with van der Waals surface area (Å²) in [6.45, 7) is 2.85. The number of Topliss-reactive ketones (excluding diaryl/α,β-unsaturated/α-hetero) is 1. The average Bonchev–Trinajstić information content (AvgIpc) is 2.67. The number of nitriles is 1. The molecular formula is C21H16F3N3O2. The summed E-state index contributed by atoms with van der Waals surface area (Å²) < 4.78 is 39.2. The molecule has 5 nitrogen and oxygen atoms in total. The van der Waals surface area contributed by atoms with Gasteiger partial charge in [0.15, 0.2) is 5.78 Å². The van der Waals surface area contributed by atoms with E-state index < -0.39 is 23.8 Å². The van der Waals surface area contributed by atoms with E-state index in [1.807, 2.05) is 6.07 Å². The molecule has 2 aromatic carbocycles. The van der Waals surface area contributed by atoms with Crippen molar-refractivity contribution >= 4 is 17.5 Å². The molecule has 0 saturated carbocycles. The van der Waals surface area contributed by atoms with Crippen LogP contribution in [0.5, 0.6) is 0 Å². The number of ketones is 1. The molecule has 1 aliphatic rings.